The molecule has 0 saturated heterocycles. The summed E-state index contributed by atoms with van der Waals surface area (Å²) in [5.74, 6) is 1.15. The van der Waals surface area contributed by atoms with Gasteiger partial charge in [-0.25, -0.2) is 18.2 Å². The Balaban J connectivity index is 1.49. The zero-order valence-corrected chi connectivity index (χ0v) is 21.6. The zero-order chi connectivity index (χ0) is 23.9. The number of hydrogen-bond acceptors (Lipinski definition) is 7. The Morgan fingerprint density at radius 3 is 2.74 bits per heavy atom. The number of urea groups is 1. The predicted molar refractivity (Wildman–Crippen MR) is 140 cm³/mol. The molecule has 2 aliphatic rings. The maximum Gasteiger partial charge on any atom is 0.324 e. The third-order valence-electron chi connectivity index (χ3n) is 6.33. The molecule has 11 heteroatoms. The molecule has 0 bridgehead atoms. The molecule has 178 valence electrons. The summed E-state index contributed by atoms with van der Waals surface area (Å²) < 4.78 is 28.2. The van der Waals surface area contributed by atoms with Crippen LogP contribution in [0.5, 0.6) is 0 Å². The van der Waals surface area contributed by atoms with Gasteiger partial charge in [0.05, 0.1) is 44.6 Å². The Bertz CT molecular complexity index is 1380. The molecule has 3 N–H and O–H groups in total. The number of nitrogens with zero attached hydrogens (tertiary/aromatic N) is 3. The summed E-state index contributed by atoms with van der Waals surface area (Å²) in [4.78, 5) is 23.8. The van der Waals surface area contributed by atoms with E-state index in [0.717, 1.165) is 34.9 Å². The second kappa shape index (κ2) is 8.84. The molecule has 0 unspecified atom stereocenters. The molecule has 0 radical (unpaired) electrons. The minimum Gasteiger partial charge on any atom is -0.367 e. The van der Waals surface area contributed by atoms with Crippen LogP contribution >= 0.6 is 22.9 Å². The lowest BCUT2D eigenvalue weighted by Gasteiger charge is -2.23. The van der Waals surface area contributed by atoms with E-state index in [1.807, 2.05) is 65.0 Å². The van der Waals surface area contributed by atoms with Crippen LogP contribution in [0.2, 0.25) is 0 Å². The number of fused-ring (bicyclic) bond motifs is 2. The minimum absolute atomic E-state index is 0.000511. The fraction of sp³-hybridized carbons (Fsp3) is 0.348. The number of carbonyl (C=O) groups is 1. The molecular weight excluding hydrogens is 567 g/mol. The van der Waals surface area contributed by atoms with Crippen molar-refractivity contribution in [2.45, 2.75) is 36.7 Å². The summed E-state index contributed by atoms with van der Waals surface area (Å²) in [7, 11) is -3.37. The summed E-state index contributed by atoms with van der Waals surface area (Å²) in [5, 5.41) is 7.34. The van der Waals surface area contributed by atoms with Gasteiger partial charge in [-0.3, -0.25) is 3.53 Å². The van der Waals surface area contributed by atoms with E-state index >= 15 is 0 Å². The number of rotatable bonds is 5. The van der Waals surface area contributed by atoms with Gasteiger partial charge in [0, 0.05) is 25.0 Å². The molecule has 1 saturated carbocycles. The highest BCUT2D eigenvalue weighted by atomic mass is 127. The van der Waals surface area contributed by atoms with Crippen molar-refractivity contribution in [3.63, 3.8) is 0 Å². The third kappa shape index (κ3) is 4.63. The maximum absolute atomic E-state index is 12.8. The Hall–Kier alpha value is -2.67. The number of sulfone groups is 1. The highest BCUT2D eigenvalue weighted by Gasteiger charge is 2.44. The van der Waals surface area contributed by atoms with Crippen molar-refractivity contribution in [1.82, 2.24) is 18.8 Å². The molecule has 3 aromatic rings. The van der Waals surface area contributed by atoms with Crippen LogP contribution in [0.3, 0.4) is 0 Å². The standard InChI is InChI=1S/C23H25IN6O3S/c1-15-6-7-18-17(12-15)20(25-14-23(8-9-23)28-22(31)29-24)27-21(26-18)30-10-11-34(32,33)19-5-3-2-4-16(19)13-30/h2-7,12H,8-11,13-14H2,1H3,(H,25,26,27)(H2,28,29,31). The number of anilines is 2. The van der Waals surface area contributed by atoms with E-state index in [4.69, 9.17) is 9.97 Å². The molecule has 5 rings (SSSR count). The quantitative estimate of drug-likeness (QED) is 0.308. The van der Waals surface area contributed by atoms with Crippen molar-refractivity contribution in [1.29, 1.82) is 0 Å². The van der Waals surface area contributed by atoms with E-state index in [-0.39, 0.29) is 17.3 Å². The van der Waals surface area contributed by atoms with Crippen molar-refractivity contribution in [3.05, 3.63) is 53.6 Å². The zero-order valence-electron chi connectivity index (χ0n) is 18.6. The summed E-state index contributed by atoms with van der Waals surface area (Å²) in [6, 6.07) is 12.9. The third-order valence-corrected chi connectivity index (χ3v) is 8.61. The van der Waals surface area contributed by atoms with Crippen LogP contribution in [0.25, 0.3) is 10.9 Å². The number of aromatic nitrogens is 2. The number of benzene rings is 2. The predicted octanol–water partition coefficient (Wildman–Crippen LogP) is 3.33. The van der Waals surface area contributed by atoms with Gasteiger partial charge in [-0.1, -0.05) is 29.8 Å². The fourth-order valence-electron chi connectivity index (χ4n) is 4.25. The molecular formula is C23H25IN6O3S. The number of hydrogen-bond donors (Lipinski definition) is 3. The maximum atomic E-state index is 12.8. The van der Waals surface area contributed by atoms with E-state index < -0.39 is 9.84 Å². The van der Waals surface area contributed by atoms with E-state index in [9.17, 15) is 13.2 Å². The lowest BCUT2D eigenvalue weighted by Crippen LogP contribution is -2.44. The molecule has 2 aromatic carbocycles. The van der Waals surface area contributed by atoms with Crippen molar-refractivity contribution >= 4 is 61.4 Å². The summed E-state index contributed by atoms with van der Waals surface area (Å²) >= 11 is 1.82. The first kappa shape index (κ1) is 23.1. The van der Waals surface area contributed by atoms with Crippen LogP contribution in [0.1, 0.15) is 24.0 Å². The van der Waals surface area contributed by atoms with Gasteiger partial charge >= 0.3 is 6.03 Å². The minimum atomic E-state index is -3.37. The summed E-state index contributed by atoms with van der Waals surface area (Å²) in [5.41, 5.74) is 2.31. The van der Waals surface area contributed by atoms with Crippen LogP contribution in [-0.2, 0) is 16.4 Å². The second-order valence-electron chi connectivity index (χ2n) is 8.92. The van der Waals surface area contributed by atoms with Gasteiger partial charge in [-0.2, -0.15) is 4.98 Å². The summed E-state index contributed by atoms with van der Waals surface area (Å²) in [6.07, 6.45) is 1.78. The lowest BCUT2D eigenvalue weighted by atomic mass is 10.1. The Morgan fingerprint density at radius 2 is 1.97 bits per heavy atom. The van der Waals surface area contributed by atoms with Gasteiger partial charge in [0.25, 0.3) is 0 Å². The number of carbonyl (C=O) groups excluding carboxylic acids is 1. The average molecular weight is 592 g/mol. The molecule has 34 heavy (non-hydrogen) atoms. The smallest absolute Gasteiger partial charge is 0.324 e. The Labute approximate surface area is 212 Å². The van der Waals surface area contributed by atoms with Gasteiger partial charge in [-0.15, -0.1) is 0 Å². The summed E-state index contributed by atoms with van der Waals surface area (Å²) in [6.45, 7) is 3.26. The average Bonchev–Trinajstić information content (AvgIpc) is 3.61. The number of amides is 2. The second-order valence-corrected chi connectivity index (χ2v) is 11.5. The number of aryl methyl sites for hydroxylation is 1. The SMILES string of the molecule is Cc1ccc2nc(N3CCS(=O)(=O)c4ccccc4C3)nc(NCC3(NC(=O)NI)CC3)c2c1. The van der Waals surface area contributed by atoms with Crippen molar-refractivity contribution < 1.29 is 13.2 Å². The Kier molecular flexibility index (Phi) is 6.00. The molecule has 1 aliphatic heterocycles. The topological polar surface area (TPSA) is 116 Å². The fourth-order valence-corrected chi connectivity index (χ4v) is 5.89. The number of halogens is 1. The van der Waals surface area contributed by atoms with E-state index in [0.29, 0.717) is 36.3 Å². The Morgan fingerprint density at radius 1 is 1.18 bits per heavy atom. The van der Waals surface area contributed by atoms with Crippen LogP contribution in [0.4, 0.5) is 16.6 Å². The van der Waals surface area contributed by atoms with E-state index in [1.165, 1.54) is 0 Å². The van der Waals surface area contributed by atoms with Crippen LogP contribution < -0.4 is 19.1 Å². The highest BCUT2D eigenvalue weighted by molar-refractivity contribution is 14.1. The van der Waals surface area contributed by atoms with E-state index in [1.54, 1.807) is 12.1 Å². The molecule has 2 heterocycles. The van der Waals surface area contributed by atoms with Gasteiger partial charge in [-0.05, 0) is 43.5 Å². The van der Waals surface area contributed by atoms with Gasteiger partial charge in [0.1, 0.15) is 5.82 Å². The largest absolute Gasteiger partial charge is 0.367 e. The number of nitrogens with one attached hydrogen (secondary N) is 3. The molecule has 2 amide bonds. The molecule has 0 spiro atoms. The monoisotopic (exact) mass is 592 g/mol. The van der Waals surface area contributed by atoms with Gasteiger partial charge in [0.15, 0.2) is 9.84 Å². The first-order valence-electron chi connectivity index (χ1n) is 11.1. The van der Waals surface area contributed by atoms with E-state index in [2.05, 4.69) is 14.2 Å². The van der Waals surface area contributed by atoms with Crippen LogP contribution in [-0.4, -0.2) is 48.8 Å². The molecule has 1 fully saturated rings. The first-order valence-corrected chi connectivity index (χ1v) is 13.8. The van der Waals surface area contributed by atoms with Crippen LogP contribution in [0.15, 0.2) is 47.4 Å². The van der Waals surface area contributed by atoms with Crippen molar-refractivity contribution in [3.8, 4) is 0 Å². The molecule has 0 atom stereocenters. The van der Waals surface area contributed by atoms with Gasteiger partial charge < -0.3 is 15.5 Å². The van der Waals surface area contributed by atoms with Crippen LogP contribution in [0, 0.1) is 6.92 Å². The highest BCUT2D eigenvalue weighted by Crippen LogP contribution is 2.36. The molecule has 9 nitrogen and oxygen atoms in total. The lowest BCUT2D eigenvalue weighted by molar-refractivity contribution is 0.243. The van der Waals surface area contributed by atoms with Crippen molar-refractivity contribution in [2.24, 2.45) is 0 Å². The van der Waals surface area contributed by atoms with Crippen molar-refractivity contribution in [2.75, 3.05) is 29.1 Å². The molecule has 1 aromatic heterocycles. The van der Waals surface area contributed by atoms with Gasteiger partial charge in [0.2, 0.25) is 5.95 Å². The first-order chi connectivity index (χ1) is 16.3. The normalized spacial score (nSPS) is 18.0. The molecule has 1 aliphatic carbocycles.